The SMILES string of the molecule is CCOc1c(Cl)cc(CNCCOCCO)cc1Cl.Cl. The molecule has 0 unspecified atom stereocenters. The molecule has 0 spiro atoms. The second-order valence-electron chi connectivity index (χ2n) is 3.83. The van der Waals surface area contributed by atoms with E-state index < -0.39 is 0 Å². The molecule has 0 aliphatic carbocycles. The van der Waals surface area contributed by atoms with Crippen LogP contribution in [0.5, 0.6) is 5.75 Å². The first-order valence-corrected chi connectivity index (χ1v) is 6.94. The minimum Gasteiger partial charge on any atom is -0.491 e. The van der Waals surface area contributed by atoms with Gasteiger partial charge in [0.1, 0.15) is 0 Å². The Bertz CT molecular complexity index is 368. The highest BCUT2D eigenvalue weighted by atomic mass is 35.5. The van der Waals surface area contributed by atoms with Gasteiger partial charge >= 0.3 is 0 Å². The van der Waals surface area contributed by atoms with E-state index in [9.17, 15) is 0 Å². The molecule has 0 saturated heterocycles. The summed E-state index contributed by atoms with van der Waals surface area (Å²) in [6.07, 6.45) is 0. The van der Waals surface area contributed by atoms with Crippen LogP contribution in [0.1, 0.15) is 12.5 Å². The third-order valence-corrected chi connectivity index (χ3v) is 2.90. The van der Waals surface area contributed by atoms with Crippen molar-refractivity contribution in [2.24, 2.45) is 0 Å². The van der Waals surface area contributed by atoms with Gasteiger partial charge in [0, 0.05) is 13.1 Å². The number of aliphatic hydroxyl groups is 1. The number of halogens is 3. The van der Waals surface area contributed by atoms with E-state index >= 15 is 0 Å². The van der Waals surface area contributed by atoms with Gasteiger partial charge in [-0.05, 0) is 24.6 Å². The third kappa shape index (κ3) is 6.97. The van der Waals surface area contributed by atoms with Crippen molar-refractivity contribution in [3.8, 4) is 5.75 Å². The second kappa shape index (κ2) is 11.4. The topological polar surface area (TPSA) is 50.7 Å². The lowest BCUT2D eigenvalue weighted by Gasteiger charge is -2.11. The van der Waals surface area contributed by atoms with Gasteiger partial charge in [-0.15, -0.1) is 12.4 Å². The molecular formula is C13H20Cl3NO3. The van der Waals surface area contributed by atoms with E-state index in [1.807, 2.05) is 19.1 Å². The highest BCUT2D eigenvalue weighted by molar-refractivity contribution is 6.37. The fraction of sp³-hybridized carbons (Fsp3) is 0.538. The quantitative estimate of drug-likeness (QED) is 0.676. The first kappa shape index (κ1) is 19.8. The summed E-state index contributed by atoms with van der Waals surface area (Å²) >= 11 is 12.2. The molecule has 0 bridgehead atoms. The van der Waals surface area contributed by atoms with Crippen molar-refractivity contribution in [1.29, 1.82) is 0 Å². The largest absolute Gasteiger partial charge is 0.491 e. The molecule has 7 heteroatoms. The molecule has 116 valence electrons. The summed E-state index contributed by atoms with van der Waals surface area (Å²) < 4.78 is 10.5. The molecule has 0 atom stereocenters. The summed E-state index contributed by atoms with van der Waals surface area (Å²) in [5, 5.41) is 12.8. The Morgan fingerprint density at radius 3 is 2.40 bits per heavy atom. The minimum absolute atomic E-state index is 0. The molecule has 20 heavy (non-hydrogen) atoms. The molecule has 0 heterocycles. The van der Waals surface area contributed by atoms with Crippen molar-refractivity contribution in [1.82, 2.24) is 5.32 Å². The number of hydrogen-bond donors (Lipinski definition) is 2. The van der Waals surface area contributed by atoms with E-state index in [0.717, 1.165) is 5.56 Å². The van der Waals surface area contributed by atoms with E-state index in [2.05, 4.69) is 5.32 Å². The van der Waals surface area contributed by atoms with E-state index in [4.69, 9.17) is 37.8 Å². The van der Waals surface area contributed by atoms with Gasteiger partial charge in [0.25, 0.3) is 0 Å². The van der Waals surface area contributed by atoms with Crippen LogP contribution >= 0.6 is 35.6 Å². The predicted molar refractivity (Wildman–Crippen MR) is 84.5 cm³/mol. The predicted octanol–water partition coefficient (Wildman–Crippen LogP) is 2.91. The van der Waals surface area contributed by atoms with Gasteiger partial charge in [-0.2, -0.15) is 0 Å². The van der Waals surface area contributed by atoms with Crippen LogP contribution in [0.25, 0.3) is 0 Å². The summed E-state index contributed by atoms with van der Waals surface area (Å²) in [4.78, 5) is 0. The van der Waals surface area contributed by atoms with Gasteiger partial charge in [-0.1, -0.05) is 23.2 Å². The van der Waals surface area contributed by atoms with Gasteiger partial charge in [0.05, 0.1) is 36.5 Å². The highest BCUT2D eigenvalue weighted by Gasteiger charge is 2.08. The molecule has 1 aromatic carbocycles. The number of nitrogens with one attached hydrogen (secondary N) is 1. The first-order valence-electron chi connectivity index (χ1n) is 6.19. The lowest BCUT2D eigenvalue weighted by atomic mass is 10.2. The fourth-order valence-electron chi connectivity index (χ4n) is 1.54. The van der Waals surface area contributed by atoms with Crippen molar-refractivity contribution in [3.05, 3.63) is 27.7 Å². The molecule has 0 aromatic heterocycles. The summed E-state index contributed by atoms with van der Waals surface area (Å²) in [5.41, 5.74) is 0.987. The lowest BCUT2D eigenvalue weighted by Crippen LogP contribution is -2.20. The molecule has 0 radical (unpaired) electrons. The summed E-state index contributed by atoms with van der Waals surface area (Å²) in [7, 11) is 0. The van der Waals surface area contributed by atoms with E-state index in [-0.39, 0.29) is 19.0 Å². The van der Waals surface area contributed by atoms with Crippen LogP contribution in [0.4, 0.5) is 0 Å². The number of rotatable bonds is 9. The van der Waals surface area contributed by atoms with Crippen LogP contribution in [0.3, 0.4) is 0 Å². The average molecular weight is 345 g/mol. The molecule has 0 aliphatic heterocycles. The Morgan fingerprint density at radius 1 is 1.20 bits per heavy atom. The molecule has 0 fully saturated rings. The Balaban J connectivity index is 0.00000361. The highest BCUT2D eigenvalue weighted by Crippen LogP contribution is 2.34. The average Bonchev–Trinajstić information content (AvgIpc) is 2.38. The minimum atomic E-state index is 0. The van der Waals surface area contributed by atoms with Crippen molar-refractivity contribution >= 4 is 35.6 Å². The summed E-state index contributed by atoms with van der Waals surface area (Å²) in [6, 6.07) is 3.67. The molecule has 0 aliphatic rings. The van der Waals surface area contributed by atoms with Crippen molar-refractivity contribution < 1.29 is 14.6 Å². The van der Waals surface area contributed by atoms with Crippen LogP contribution in [0, 0.1) is 0 Å². The number of aliphatic hydroxyl groups excluding tert-OH is 1. The van der Waals surface area contributed by atoms with Gasteiger partial charge < -0.3 is 19.9 Å². The Hall–Kier alpha value is -0.230. The normalized spacial score (nSPS) is 10.2. The van der Waals surface area contributed by atoms with E-state index in [0.29, 0.717) is 48.7 Å². The van der Waals surface area contributed by atoms with Crippen molar-refractivity contribution in [3.63, 3.8) is 0 Å². The zero-order valence-corrected chi connectivity index (χ0v) is 13.7. The molecule has 1 rings (SSSR count). The van der Waals surface area contributed by atoms with Crippen LogP contribution < -0.4 is 10.1 Å². The Labute approximate surface area is 135 Å². The van der Waals surface area contributed by atoms with Gasteiger partial charge in [-0.25, -0.2) is 0 Å². The van der Waals surface area contributed by atoms with Gasteiger partial charge in [-0.3, -0.25) is 0 Å². The molecule has 2 N–H and O–H groups in total. The van der Waals surface area contributed by atoms with E-state index in [1.165, 1.54) is 0 Å². The van der Waals surface area contributed by atoms with Gasteiger partial charge in [0.2, 0.25) is 0 Å². The Morgan fingerprint density at radius 2 is 1.85 bits per heavy atom. The van der Waals surface area contributed by atoms with Crippen molar-refractivity contribution in [2.45, 2.75) is 13.5 Å². The summed E-state index contributed by atoms with van der Waals surface area (Å²) in [5.74, 6) is 0.529. The smallest absolute Gasteiger partial charge is 0.156 e. The van der Waals surface area contributed by atoms with Crippen molar-refractivity contribution in [2.75, 3.05) is 33.0 Å². The third-order valence-electron chi connectivity index (χ3n) is 2.33. The van der Waals surface area contributed by atoms with Crippen LogP contribution in [0.15, 0.2) is 12.1 Å². The maximum atomic E-state index is 8.54. The molecule has 0 saturated carbocycles. The molecule has 1 aromatic rings. The second-order valence-corrected chi connectivity index (χ2v) is 4.65. The number of benzene rings is 1. The standard InChI is InChI=1S/C13H19Cl2NO3.ClH/c1-2-19-13-11(14)7-10(8-12(13)15)9-16-3-5-18-6-4-17;/h7-8,16-17H,2-6,9H2,1H3;1H. The van der Waals surface area contributed by atoms with Crippen LogP contribution in [-0.4, -0.2) is 38.1 Å². The van der Waals surface area contributed by atoms with Gasteiger partial charge in [0.15, 0.2) is 5.75 Å². The maximum Gasteiger partial charge on any atom is 0.156 e. The zero-order valence-electron chi connectivity index (χ0n) is 11.3. The van der Waals surface area contributed by atoms with Crippen LogP contribution in [-0.2, 0) is 11.3 Å². The lowest BCUT2D eigenvalue weighted by molar-refractivity contribution is 0.0938. The molecule has 4 nitrogen and oxygen atoms in total. The Kier molecular flexibility index (Phi) is 11.3. The zero-order chi connectivity index (χ0) is 14.1. The molecular weight excluding hydrogens is 325 g/mol. The maximum absolute atomic E-state index is 8.54. The molecule has 0 amide bonds. The number of ether oxygens (including phenoxy) is 2. The van der Waals surface area contributed by atoms with Crippen LogP contribution in [0.2, 0.25) is 10.0 Å². The monoisotopic (exact) mass is 343 g/mol. The first-order chi connectivity index (χ1) is 9.19. The summed E-state index contributed by atoms with van der Waals surface area (Å²) in [6.45, 7) is 4.72. The fourth-order valence-corrected chi connectivity index (χ4v) is 2.18. The number of hydrogen-bond acceptors (Lipinski definition) is 4. The van der Waals surface area contributed by atoms with E-state index in [1.54, 1.807) is 0 Å².